The Hall–Kier alpha value is -0.860. The van der Waals surface area contributed by atoms with Crippen LogP contribution in [0, 0.1) is 6.92 Å². The third-order valence-corrected chi connectivity index (χ3v) is 3.34. The first-order chi connectivity index (χ1) is 7.99. The Balaban J connectivity index is 2.80. The molecular weight excluding hydrogens is 210 g/mol. The molecule has 0 saturated carbocycles. The molecule has 0 fully saturated rings. The van der Waals surface area contributed by atoms with E-state index in [1.54, 1.807) is 7.11 Å². The maximum atomic E-state index is 5.59. The van der Waals surface area contributed by atoms with Gasteiger partial charge in [-0.1, -0.05) is 36.8 Å². The van der Waals surface area contributed by atoms with Crippen LogP contribution >= 0.6 is 0 Å². The van der Waals surface area contributed by atoms with Gasteiger partial charge in [-0.25, -0.2) is 0 Å². The van der Waals surface area contributed by atoms with Gasteiger partial charge < -0.3 is 10.1 Å². The summed E-state index contributed by atoms with van der Waals surface area (Å²) >= 11 is 0. The van der Waals surface area contributed by atoms with E-state index >= 15 is 0 Å². The summed E-state index contributed by atoms with van der Waals surface area (Å²) in [4.78, 5) is 0. The Labute approximate surface area is 105 Å². The molecule has 1 rings (SSSR count). The molecule has 0 aliphatic rings. The molecule has 1 N–H and O–H groups in total. The van der Waals surface area contributed by atoms with Gasteiger partial charge in [0.1, 0.15) is 0 Å². The maximum Gasteiger partial charge on any atom is 0.0778 e. The van der Waals surface area contributed by atoms with Crippen LogP contribution in [-0.2, 0) is 11.2 Å². The van der Waals surface area contributed by atoms with E-state index < -0.39 is 0 Å². The molecule has 17 heavy (non-hydrogen) atoms. The summed E-state index contributed by atoms with van der Waals surface area (Å²) in [5, 5.41) is 3.52. The highest BCUT2D eigenvalue weighted by Gasteiger charge is 2.28. The number of likely N-dealkylation sites (N-methyl/N-ethyl adjacent to an activating group) is 1. The van der Waals surface area contributed by atoms with Crippen LogP contribution in [0.4, 0.5) is 0 Å². The highest BCUT2D eigenvalue weighted by atomic mass is 16.5. The van der Waals surface area contributed by atoms with E-state index in [0.29, 0.717) is 6.04 Å². The van der Waals surface area contributed by atoms with Crippen LogP contribution in [-0.4, -0.2) is 25.3 Å². The molecule has 1 aromatic carbocycles. The van der Waals surface area contributed by atoms with Crippen LogP contribution in [0.2, 0.25) is 0 Å². The molecule has 1 atom stereocenters. The molecule has 0 amide bonds. The Morgan fingerprint density at radius 3 is 2.59 bits per heavy atom. The molecule has 1 aromatic rings. The quantitative estimate of drug-likeness (QED) is 0.818. The minimum atomic E-state index is -0.153. The van der Waals surface area contributed by atoms with Crippen molar-refractivity contribution in [3.63, 3.8) is 0 Å². The predicted molar refractivity (Wildman–Crippen MR) is 73.4 cm³/mol. The van der Waals surface area contributed by atoms with Gasteiger partial charge in [-0.05, 0) is 39.3 Å². The van der Waals surface area contributed by atoms with E-state index in [-0.39, 0.29) is 5.60 Å². The maximum absolute atomic E-state index is 5.59. The van der Waals surface area contributed by atoms with E-state index in [1.165, 1.54) is 11.1 Å². The van der Waals surface area contributed by atoms with Crippen molar-refractivity contribution >= 4 is 0 Å². The third-order valence-electron chi connectivity index (χ3n) is 3.34. The molecule has 0 aromatic heterocycles. The lowest BCUT2D eigenvalue weighted by atomic mass is 9.91. The van der Waals surface area contributed by atoms with Crippen molar-refractivity contribution in [2.75, 3.05) is 13.7 Å². The second-order valence-electron chi connectivity index (χ2n) is 5.11. The first-order valence-electron chi connectivity index (χ1n) is 6.33. The number of methoxy groups -OCH3 is 1. The SMILES string of the molecule is CCNC(Cc1cccc(C)c1)C(C)(C)OC. The monoisotopic (exact) mass is 235 g/mol. The molecular formula is C15H25NO. The first-order valence-corrected chi connectivity index (χ1v) is 6.33. The molecule has 2 nitrogen and oxygen atoms in total. The minimum absolute atomic E-state index is 0.153. The number of hydrogen-bond acceptors (Lipinski definition) is 2. The summed E-state index contributed by atoms with van der Waals surface area (Å²) in [6, 6.07) is 9.01. The second kappa shape index (κ2) is 6.18. The van der Waals surface area contributed by atoms with Crippen molar-refractivity contribution in [1.29, 1.82) is 0 Å². The number of aryl methyl sites for hydroxylation is 1. The van der Waals surface area contributed by atoms with Gasteiger partial charge in [0.15, 0.2) is 0 Å². The van der Waals surface area contributed by atoms with Gasteiger partial charge in [-0.3, -0.25) is 0 Å². The fourth-order valence-electron chi connectivity index (χ4n) is 2.03. The molecule has 0 radical (unpaired) electrons. The first kappa shape index (κ1) is 14.2. The summed E-state index contributed by atoms with van der Waals surface area (Å²) in [6.45, 7) is 9.50. The predicted octanol–water partition coefficient (Wildman–Crippen LogP) is 2.94. The van der Waals surface area contributed by atoms with Crippen LogP contribution in [0.25, 0.3) is 0 Å². The van der Waals surface area contributed by atoms with Crippen molar-refractivity contribution in [2.45, 2.75) is 45.8 Å². The van der Waals surface area contributed by atoms with Gasteiger partial charge >= 0.3 is 0 Å². The van der Waals surface area contributed by atoms with Crippen molar-refractivity contribution < 1.29 is 4.74 Å². The zero-order valence-electron chi connectivity index (χ0n) is 11.7. The van der Waals surface area contributed by atoms with E-state index in [0.717, 1.165) is 13.0 Å². The van der Waals surface area contributed by atoms with E-state index in [9.17, 15) is 0 Å². The largest absolute Gasteiger partial charge is 0.377 e. The molecule has 2 heteroatoms. The Morgan fingerprint density at radius 2 is 2.06 bits per heavy atom. The Bertz CT molecular complexity index is 347. The van der Waals surface area contributed by atoms with Gasteiger partial charge in [0, 0.05) is 13.2 Å². The van der Waals surface area contributed by atoms with Gasteiger partial charge in [-0.15, -0.1) is 0 Å². The summed E-state index contributed by atoms with van der Waals surface area (Å²) in [6.07, 6.45) is 0.996. The van der Waals surface area contributed by atoms with Crippen LogP contribution in [0.1, 0.15) is 31.9 Å². The molecule has 1 unspecified atom stereocenters. The topological polar surface area (TPSA) is 21.3 Å². The van der Waals surface area contributed by atoms with Crippen molar-refractivity contribution in [3.05, 3.63) is 35.4 Å². The Kier molecular flexibility index (Phi) is 5.16. The van der Waals surface area contributed by atoms with E-state index in [4.69, 9.17) is 4.74 Å². The lowest BCUT2D eigenvalue weighted by Gasteiger charge is -2.34. The van der Waals surface area contributed by atoms with Gasteiger partial charge in [-0.2, -0.15) is 0 Å². The van der Waals surface area contributed by atoms with Gasteiger partial charge in [0.2, 0.25) is 0 Å². The summed E-state index contributed by atoms with van der Waals surface area (Å²) in [7, 11) is 1.78. The second-order valence-corrected chi connectivity index (χ2v) is 5.11. The standard InChI is InChI=1S/C15H25NO/c1-6-16-14(15(3,4)17-5)11-13-9-7-8-12(2)10-13/h7-10,14,16H,6,11H2,1-5H3. The minimum Gasteiger partial charge on any atom is -0.377 e. The molecule has 0 bridgehead atoms. The number of hydrogen-bond donors (Lipinski definition) is 1. The smallest absolute Gasteiger partial charge is 0.0778 e. The number of rotatable bonds is 6. The van der Waals surface area contributed by atoms with Crippen LogP contribution in [0.5, 0.6) is 0 Å². The summed E-state index contributed by atoms with van der Waals surface area (Å²) in [5.74, 6) is 0. The fourth-order valence-corrected chi connectivity index (χ4v) is 2.03. The normalized spacial score (nSPS) is 13.7. The van der Waals surface area contributed by atoms with Gasteiger partial charge in [0.05, 0.1) is 5.60 Å². The number of nitrogens with one attached hydrogen (secondary N) is 1. The molecule has 0 spiro atoms. The summed E-state index contributed by atoms with van der Waals surface area (Å²) < 4.78 is 5.59. The average molecular weight is 235 g/mol. The lowest BCUT2D eigenvalue weighted by molar-refractivity contribution is -0.00960. The molecule has 0 aliphatic heterocycles. The number of ether oxygens (including phenoxy) is 1. The third kappa shape index (κ3) is 4.14. The molecule has 96 valence electrons. The van der Waals surface area contributed by atoms with Crippen LogP contribution in [0.15, 0.2) is 24.3 Å². The van der Waals surface area contributed by atoms with Crippen molar-refractivity contribution in [1.82, 2.24) is 5.32 Å². The van der Waals surface area contributed by atoms with Crippen LogP contribution < -0.4 is 5.32 Å². The van der Waals surface area contributed by atoms with Crippen LogP contribution in [0.3, 0.4) is 0 Å². The zero-order valence-corrected chi connectivity index (χ0v) is 11.7. The van der Waals surface area contributed by atoms with Crippen molar-refractivity contribution in [3.8, 4) is 0 Å². The Morgan fingerprint density at radius 1 is 1.35 bits per heavy atom. The van der Waals surface area contributed by atoms with E-state index in [1.807, 2.05) is 0 Å². The molecule has 0 aliphatic carbocycles. The highest BCUT2D eigenvalue weighted by Crippen LogP contribution is 2.18. The average Bonchev–Trinajstić information content (AvgIpc) is 2.28. The molecule has 0 heterocycles. The fraction of sp³-hybridized carbons (Fsp3) is 0.600. The highest BCUT2D eigenvalue weighted by molar-refractivity contribution is 5.23. The molecule has 0 saturated heterocycles. The zero-order chi connectivity index (χ0) is 12.9. The summed E-state index contributed by atoms with van der Waals surface area (Å²) in [5.41, 5.74) is 2.52. The van der Waals surface area contributed by atoms with Crippen molar-refractivity contribution in [2.24, 2.45) is 0 Å². The lowest BCUT2D eigenvalue weighted by Crippen LogP contribution is -2.49. The van der Waals surface area contributed by atoms with E-state index in [2.05, 4.69) is 57.3 Å². The number of benzene rings is 1. The van der Waals surface area contributed by atoms with Gasteiger partial charge in [0.25, 0.3) is 0 Å².